The predicted molar refractivity (Wildman–Crippen MR) is 192 cm³/mol. The first-order valence-corrected chi connectivity index (χ1v) is 15.7. The minimum absolute atomic E-state index is 0.719. The summed E-state index contributed by atoms with van der Waals surface area (Å²) in [5.74, 6) is 7.56. The smallest absolute Gasteiger partial charge is 0.108 e. The van der Waals surface area contributed by atoms with Gasteiger partial charge in [-0.15, -0.1) is 0 Å². The highest BCUT2D eigenvalue weighted by Crippen LogP contribution is 2.57. The number of hydrogen-bond donors (Lipinski definition) is 0. The zero-order valence-corrected chi connectivity index (χ0v) is 25.3. The van der Waals surface area contributed by atoms with Gasteiger partial charge in [0.2, 0.25) is 0 Å². The van der Waals surface area contributed by atoms with Crippen molar-refractivity contribution in [3.63, 3.8) is 0 Å². The van der Waals surface area contributed by atoms with Gasteiger partial charge >= 0.3 is 0 Å². The Kier molecular flexibility index (Phi) is 7.02. The van der Waals surface area contributed by atoms with Gasteiger partial charge < -0.3 is 4.90 Å². The molecule has 1 aliphatic rings. The van der Waals surface area contributed by atoms with Crippen molar-refractivity contribution in [1.29, 1.82) is 0 Å². The van der Waals surface area contributed by atoms with Crippen LogP contribution in [-0.2, 0) is 5.41 Å². The summed E-state index contributed by atoms with van der Waals surface area (Å²) in [7, 11) is 0. The summed E-state index contributed by atoms with van der Waals surface area (Å²) >= 11 is 0. The van der Waals surface area contributed by atoms with E-state index in [2.05, 4.69) is 199 Å². The lowest BCUT2D eigenvalue weighted by molar-refractivity contribution is 0.839. The molecule has 1 aliphatic carbocycles. The van der Waals surface area contributed by atoms with E-state index in [1.54, 1.807) is 0 Å². The summed E-state index contributed by atoms with van der Waals surface area (Å²) in [6.07, 6.45) is 0. The van der Waals surface area contributed by atoms with Gasteiger partial charge in [0.25, 0.3) is 0 Å². The standard InChI is InChI=1S/C45H31N/c1-5-18-34(19-6-1)32-33-45(40-28-15-13-26-38(40)35-20-7-2-8-21-35)41-29-16-14-27-39(41)44-42(45)30-17-31-43(44)46(36-22-9-3-10-23-36)37-24-11-4-12-25-37/h1-31H. The Labute approximate surface area is 271 Å². The van der Waals surface area contributed by atoms with Crippen LogP contribution >= 0.6 is 0 Å². The summed E-state index contributed by atoms with van der Waals surface area (Å²) in [6.45, 7) is 0. The third-order valence-electron chi connectivity index (χ3n) is 8.90. The van der Waals surface area contributed by atoms with Crippen LogP contribution in [0.1, 0.15) is 22.3 Å². The topological polar surface area (TPSA) is 3.24 Å². The fraction of sp³-hybridized carbons (Fsp3) is 0.0222. The van der Waals surface area contributed by atoms with E-state index in [0.717, 1.165) is 22.6 Å². The largest absolute Gasteiger partial charge is 0.310 e. The first-order valence-electron chi connectivity index (χ1n) is 15.7. The summed E-state index contributed by atoms with van der Waals surface area (Å²) < 4.78 is 0. The van der Waals surface area contributed by atoms with Crippen molar-refractivity contribution < 1.29 is 0 Å². The van der Waals surface area contributed by atoms with Gasteiger partial charge in [-0.3, -0.25) is 0 Å². The second-order valence-corrected chi connectivity index (χ2v) is 11.5. The molecule has 0 saturated carbocycles. The Bertz CT molecular complexity index is 2150. The van der Waals surface area contributed by atoms with E-state index < -0.39 is 5.41 Å². The Hall–Kier alpha value is -6.10. The molecular weight excluding hydrogens is 555 g/mol. The number of anilines is 3. The average Bonchev–Trinajstić information content (AvgIpc) is 3.43. The lowest BCUT2D eigenvalue weighted by Crippen LogP contribution is -2.26. The molecule has 0 N–H and O–H groups in total. The molecule has 1 atom stereocenters. The zero-order chi connectivity index (χ0) is 30.8. The molecule has 8 rings (SSSR count). The van der Waals surface area contributed by atoms with E-state index in [-0.39, 0.29) is 0 Å². The minimum atomic E-state index is -0.719. The quantitative estimate of drug-likeness (QED) is 0.182. The van der Waals surface area contributed by atoms with Crippen LogP contribution in [0, 0.1) is 11.8 Å². The van der Waals surface area contributed by atoms with Crippen LogP contribution < -0.4 is 4.90 Å². The van der Waals surface area contributed by atoms with Gasteiger partial charge in [0.1, 0.15) is 5.41 Å². The van der Waals surface area contributed by atoms with E-state index in [1.165, 1.54) is 38.9 Å². The molecule has 7 aromatic rings. The van der Waals surface area contributed by atoms with Crippen molar-refractivity contribution in [2.45, 2.75) is 5.41 Å². The Morgan fingerprint density at radius 1 is 0.391 bits per heavy atom. The maximum Gasteiger partial charge on any atom is 0.108 e. The van der Waals surface area contributed by atoms with Crippen LogP contribution in [0.4, 0.5) is 17.1 Å². The monoisotopic (exact) mass is 585 g/mol. The molecular formula is C45H31N. The number of nitrogens with zero attached hydrogens (tertiary/aromatic N) is 1. The van der Waals surface area contributed by atoms with Gasteiger partial charge in [0, 0.05) is 22.5 Å². The molecule has 0 heterocycles. The molecule has 1 unspecified atom stereocenters. The lowest BCUT2D eigenvalue weighted by Gasteiger charge is -2.31. The van der Waals surface area contributed by atoms with Crippen LogP contribution in [0.5, 0.6) is 0 Å². The minimum Gasteiger partial charge on any atom is -0.310 e. The van der Waals surface area contributed by atoms with Gasteiger partial charge in [-0.05, 0) is 75.8 Å². The maximum atomic E-state index is 3.93. The van der Waals surface area contributed by atoms with Crippen molar-refractivity contribution in [1.82, 2.24) is 0 Å². The Morgan fingerprint density at radius 2 is 0.870 bits per heavy atom. The third kappa shape index (κ3) is 4.60. The van der Waals surface area contributed by atoms with E-state index >= 15 is 0 Å². The highest BCUT2D eigenvalue weighted by atomic mass is 15.1. The summed E-state index contributed by atoms with van der Waals surface area (Å²) in [5, 5.41) is 0. The van der Waals surface area contributed by atoms with Crippen LogP contribution in [0.15, 0.2) is 188 Å². The zero-order valence-electron chi connectivity index (χ0n) is 25.3. The molecule has 0 aromatic heterocycles. The normalized spacial score (nSPS) is 14.4. The summed E-state index contributed by atoms with van der Waals surface area (Å²) in [5.41, 5.74) is 12.0. The van der Waals surface area contributed by atoms with Gasteiger partial charge in [0.15, 0.2) is 0 Å². The van der Waals surface area contributed by atoms with Crippen LogP contribution in [0.25, 0.3) is 22.3 Å². The van der Waals surface area contributed by atoms with E-state index in [4.69, 9.17) is 0 Å². The molecule has 0 amide bonds. The van der Waals surface area contributed by atoms with Crippen molar-refractivity contribution in [2.24, 2.45) is 0 Å². The number of rotatable bonds is 5. The fourth-order valence-corrected chi connectivity index (χ4v) is 6.94. The first kappa shape index (κ1) is 27.4. The van der Waals surface area contributed by atoms with Gasteiger partial charge in [-0.2, -0.15) is 0 Å². The molecule has 0 radical (unpaired) electrons. The van der Waals surface area contributed by atoms with Crippen LogP contribution in [0.2, 0.25) is 0 Å². The fourth-order valence-electron chi connectivity index (χ4n) is 6.94. The summed E-state index contributed by atoms with van der Waals surface area (Å²) in [4.78, 5) is 2.37. The van der Waals surface area contributed by atoms with Crippen molar-refractivity contribution in [2.75, 3.05) is 4.90 Å². The first-order chi connectivity index (χ1) is 22.8. The summed E-state index contributed by atoms with van der Waals surface area (Å²) in [6, 6.07) is 66.7. The van der Waals surface area contributed by atoms with Crippen LogP contribution in [-0.4, -0.2) is 0 Å². The van der Waals surface area contributed by atoms with E-state index in [9.17, 15) is 0 Å². The molecule has 0 saturated heterocycles. The van der Waals surface area contributed by atoms with Crippen molar-refractivity contribution >= 4 is 17.1 Å². The van der Waals surface area contributed by atoms with Gasteiger partial charge in [-0.1, -0.05) is 157 Å². The van der Waals surface area contributed by atoms with E-state index in [1.807, 2.05) is 6.07 Å². The molecule has 1 nitrogen and oxygen atoms in total. The number of benzene rings is 7. The molecule has 0 aliphatic heterocycles. The predicted octanol–water partition coefficient (Wildman–Crippen LogP) is 11.2. The molecule has 0 spiro atoms. The average molecular weight is 586 g/mol. The molecule has 7 aromatic carbocycles. The van der Waals surface area contributed by atoms with Crippen molar-refractivity contribution in [3.05, 3.63) is 210 Å². The Balaban J connectivity index is 1.48. The Morgan fingerprint density at radius 3 is 1.50 bits per heavy atom. The molecule has 216 valence electrons. The lowest BCUT2D eigenvalue weighted by atomic mass is 9.70. The SMILES string of the molecule is C(#CC1(c2ccccc2-c2ccccc2)c2ccccc2-c2c(N(c3ccccc3)c3ccccc3)cccc21)c1ccccc1. The number of hydrogen-bond acceptors (Lipinski definition) is 1. The molecule has 0 fully saturated rings. The van der Waals surface area contributed by atoms with Gasteiger partial charge in [0.05, 0.1) is 5.69 Å². The second kappa shape index (κ2) is 11.8. The number of fused-ring (bicyclic) bond motifs is 3. The number of para-hydroxylation sites is 2. The van der Waals surface area contributed by atoms with Crippen molar-refractivity contribution in [3.8, 4) is 34.1 Å². The maximum absolute atomic E-state index is 3.93. The highest BCUT2D eigenvalue weighted by molar-refractivity contribution is 5.98. The van der Waals surface area contributed by atoms with Gasteiger partial charge in [-0.25, -0.2) is 0 Å². The van der Waals surface area contributed by atoms with E-state index in [0.29, 0.717) is 0 Å². The van der Waals surface area contributed by atoms with Crippen LogP contribution in [0.3, 0.4) is 0 Å². The third-order valence-corrected chi connectivity index (χ3v) is 8.90. The molecule has 1 heteroatoms. The second-order valence-electron chi connectivity index (χ2n) is 11.5. The molecule has 0 bridgehead atoms. The highest BCUT2D eigenvalue weighted by Gasteiger charge is 2.46. The molecule has 46 heavy (non-hydrogen) atoms.